The third-order valence-corrected chi connectivity index (χ3v) is 9.29. The Labute approximate surface area is 242 Å². The summed E-state index contributed by atoms with van der Waals surface area (Å²) < 4.78 is 5.90. The van der Waals surface area contributed by atoms with Gasteiger partial charge in [0.25, 0.3) is 0 Å². The number of carbonyl (C=O) groups is 3. The molecule has 4 rings (SSSR count). The summed E-state index contributed by atoms with van der Waals surface area (Å²) in [5, 5.41) is 56.5. The zero-order valence-electron chi connectivity index (χ0n) is 24.0. The molecular formula is C29H38N2O9S. The zero-order valence-corrected chi connectivity index (χ0v) is 24.8. The van der Waals surface area contributed by atoms with E-state index in [4.69, 9.17) is 10.5 Å². The number of rotatable bonds is 7. The lowest BCUT2D eigenvalue weighted by molar-refractivity contribution is -0.181. The molecule has 1 aromatic carbocycles. The van der Waals surface area contributed by atoms with E-state index in [1.807, 2.05) is 19.2 Å². The molecule has 0 amide bonds. The molecule has 7 atom stereocenters. The average Bonchev–Trinajstić information content (AvgIpc) is 2.90. The SMILES string of the molecule is CCC(=O)O[C@H]1[C@H]2C(=C(O)[C@]3(O)C(=O)C(C(N)O)=C(O)[C@@H](N(C)C)[C@H]13)C(=O)c1c(O)c(CC)cc(CSC)c1[C@@H]2C. The molecule has 11 nitrogen and oxygen atoms in total. The van der Waals surface area contributed by atoms with Crippen molar-refractivity contribution in [1.82, 2.24) is 4.90 Å². The smallest absolute Gasteiger partial charge is 0.305 e. The van der Waals surface area contributed by atoms with Crippen molar-refractivity contribution in [2.24, 2.45) is 17.6 Å². The maximum absolute atomic E-state index is 14.3. The second kappa shape index (κ2) is 11.1. The second-order valence-electron chi connectivity index (χ2n) is 11.1. The Morgan fingerprint density at radius 2 is 1.83 bits per heavy atom. The number of likely N-dealkylation sites (N-methyl/N-ethyl adjacent to an activating group) is 1. The van der Waals surface area contributed by atoms with E-state index in [1.54, 1.807) is 13.8 Å². The maximum atomic E-state index is 14.3. The van der Waals surface area contributed by atoms with Crippen LogP contribution in [0.15, 0.2) is 28.7 Å². The molecule has 0 radical (unpaired) electrons. The first kappa shape index (κ1) is 31.0. The Balaban J connectivity index is 2.13. The van der Waals surface area contributed by atoms with Gasteiger partial charge in [0.2, 0.25) is 5.78 Å². The van der Waals surface area contributed by atoms with E-state index in [1.165, 1.54) is 30.8 Å². The number of carbonyl (C=O) groups excluding carboxylic acids is 3. The van der Waals surface area contributed by atoms with Gasteiger partial charge in [0.05, 0.1) is 23.1 Å². The van der Waals surface area contributed by atoms with Gasteiger partial charge in [-0.05, 0) is 49.4 Å². The molecule has 0 fully saturated rings. The molecule has 7 N–H and O–H groups in total. The van der Waals surface area contributed by atoms with E-state index in [-0.39, 0.29) is 23.3 Å². The zero-order chi connectivity index (χ0) is 30.7. The summed E-state index contributed by atoms with van der Waals surface area (Å²) in [6, 6.07) is 0.584. The predicted molar refractivity (Wildman–Crippen MR) is 152 cm³/mol. The monoisotopic (exact) mass is 590 g/mol. The number of phenols is 1. The fraction of sp³-hybridized carbons (Fsp3) is 0.552. The minimum atomic E-state index is -2.89. The van der Waals surface area contributed by atoms with Crippen LogP contribution < -0.4 is 5.73 Å². The van der Waals surface area contributed by atoms with Crippen LogP contribution in [0.5, 0.6) is 5.75 Å². The number of aliphatic hydroxyl groups excluding tert-OH is 3. The van der Waals surface area contributed by atoms with E-state index >= 15 is 0 Å². The molecule has 0 aromatic heterocycles. The number of phenolic OH excluding ortho intramolecular Hbond substituents is 1. The van der Waals surface area contributed by atoms with Crippen LogP contribution in [0.1, 0.15) is 60.2 Å². The first-order chi connectivity index (χ1) is 19.2. The minimum Gasteiger partial charge on any atom is -0.510 e. The number of hydrogen-bond acceptors (Lipinski definition) is 12. The number of nitrogens with zero attached hydrogens (tertiary/aromatic N) is 1. The van der Waals surface area contributed by atoms with Crippen molar-refractivity contribution in [3.63, 3.8) is 0 Å². The number of ether oxygens (including phenoxy) is 1. The maximum Gasteiger partial charge on any atom is 0.305 e. The number of esters is 1. The number of aromatic hydroxyl groups is 1. The van der Waals surface area contributed by atoms with Crippen molar-refractivity contribution in [3.05, 3.63) is 51.0 Å². The molecule has 12 heteroatoms. The molecule has 0 saturated heterocycles. The van der Waals surface area contributed by atoms with Crippen LogP contribution in [0.25, 0.3) is 0 Å². The lowest BCUT2D eigenvalue weighted by Crippen LogP contribution is -2.69. The Kier molecular flexibility index (Phi) is 8.38. The van der Waals surface area contributed by atoms with Crippen molar-refractivity contribution in [2.75, 3.05) is 20.4 Å². The number of Topliss-reactive ketones (excluding diaryl/α,β-unsaturated/α-hetero) is 2. The van der Waals surface area contributed by atoms with Gasteiger partial charge in [0.15, 0.2) is 11.4 Å². The number of benzene rings is 1. The van der Waals surface area contributed by atoms with Crippen LogP contribution in [-0.4, -0.2) is 92.3 Å². The molecule has 0 spiro atoms. The van der Waals surface area contributed by atoms with E-state index in [2.05, 4.69) is 0 Å². The van der Waals surface area contributed by atoms with Crippen molar-refractivity contribution < 1.29 is 44.7 Å². The quantitative estimate of drug-likeness (QED) is 0.200. The largest absolute Gasteiger partial charge is 0.510 e. The highest BCUT2D eigenvalue weighted by Gasteiger charge is 2.68. The number of aryl methyl sites for hydroxylation is 1. The van der Waals surface area contributed by atoms with Crippen LogP contribution in [-0.2, 0) is 26.5 Å². The lowest BCUT2D eigenvalue weighted by atomic mass is 9.54. The van der Waals surface area contributed by atoms with Crippen molar-refractivity contribution in [1.29, 1.82) is 0 Å². The summed E-state index contributed by atoms with van der Waals surface area (Å²) >= 11 is 1.52. The van der Waals surface area contributed by atoms with E-state index in [0.717, 1.165) is 5.56 Å². The highest BCUT2D eigenvalue weighted by Crippen LogP contribution is 2.57. The highest BCUT2D eigenvalue weighted by molar-refractivity contribution is 7.97. The molecule has 41 heavy (non-hydrogen) atoms. The van der Waals surface area contributed by atoms with Crippen LogP contribution in [0.3, 0.4) is 0 Å². The van der Waals surface area contributed by atoms with Gasteiger partial charge in [-0.3, -0.25) is 19.3 Å². The summed E-state index contributed by atoms with van der Waals surface area (Å²) in [4.78, 5) is 42.4. The number of ketones is 2. The van der Waals surface area contributed by atoms with Crippen molar-refractivity contribution in [2.45, 2.75) is 69.3 Å². The molecule has 0 bridgehead atoms. The summed E-state index contributed by atoms with van der Waals surface area (Å²) in [5.74, 6) is -7.32. The number of fused-ring (bicyclic) bond motifs is 3. The summed E-state index contributed by atoms with van der Waals surface area (Å²) in [6.07, 6.45) is -1.14. The molecular weight excluding hydrogens is 552 g/mol. The molecule has 0 heterocycles. The van der Waals surface area contributed by atoms with E-state index in [9.17, 15) is 39.9 Å². The van der Waals surface area contributed by atoms with Crippen LogP contribution in [0.4, 0.5) is 0 Å². The summed E-state index contributed by atoms with van der Waals surface area (Å²) in [5.41, 5.74) is 3.44. The van der Waals surface area contributed by atoms with Gasteiger partial charge in [-0.2, -0.15) is 11.8 Å². The summed E-state index contributed by atoms with van der Waals surface area (Å²) in [6.45, 7) is 5.16. The van der Waals surface area contributed by atoms with Gasteiger partial charge >= 0.3 is 5.97 Å². The third kappa shape index (κ3) is 4.38. The molecule has 3 aliphatic rings. The normalized spacial score (nSPS) is 30.2. The average molecular weight is 591 g/mol. The van der Waals surface area contributed by atoms with Crippen molar-refractivity contribution >= 4 is 29.3 Å². The Hall–Kier alpha value is -2.90. The van der Waals surface area contributed by atoms with Gasteiger partial charge in [0.1, 0.15) is 29.6 Å². The molecule has 0 saturated carbocycles. The molecule has 224 valence electrons. The Bertz CT molecular complexity index is 1370. The fourth-order valence-electron chi connectivity index (χ4n) is 6.90. The second-order valence-corrected chi connectivity index (χ2v) is 12.0. The highest BCUT2D eigenvalue weighted by atomic mass is 32.2. The number of hydrogen-bond donors (Lipinski definition) is 6. The summed E-state index contributed by atoms with van der Waals surface area (Å²) in [7, 11) is 3.08. The van der Waals surface area contributed by atoms with Crippen LogP contribution in [0, 0.1) is 11.8 Å². The van der Waals surface area contributed by atoms with Crippen molar-refractivity contribution in [3.8, 4) is 5.75 Å². The first-order valence-corrected chi connectivity index (χ1v) is 14.9. The standard InChI is InChI=1S/C29H38N2O9S/c1-7-12-9-13(10-41-6)15-11(3)16-18(23(34)17(15)22(12)33)26(36)29(39)20(25(16)40-14(32)8-2)21(31(4)5)24(35)19(27(29)37)28(30)38/h9,11,16,20-21,25,28,33,35-36,38-39H,7-8,10,30H2,1-6H3/t11-,16+,20+,21-,25-,28?,29-/m0/s1. The fourth-order valence-corrected chi connectivity index (χ4v) is 7.45. The molecule has 3 aliphatic carbocycles. The minimum absolute atomic E-state index is 0.0359. The van der Waals surface area contributed by atoms with Gasteiger partial charge in [0, 0.05) is 23.7 Å². The Morgan fingerprint density at radius 3 is 2.34 bits per heavy atom. The van der Waals surface area contributed by atoms with Gasteiger partial charge in [-0.25, -0.2) is 0 Å². The Morgan fingerprint density at radius 1 is 1.20 bits per heavy atom. The lowest BCUT2D eigenvalue weighted by Gasteiger charge is -2.54. The number of thioether (sulfide) groups is 1. The molecule has 0 aliphatic heterocycles. The first-order valence-electron chi connectivity index (χ1n) is 13.5. The van der Waals surface area contributed by atoms with Gasteiger partial charge in [-0.1, -0.05) is 26.8 Å². The third-order valence-electron chi connectivity index (χ3n) is 8.69. The van der Waals surface area contributed by atoms with Crippen LogP contribution >= 0.6 is 11.8 Å². The predicted octanol–water partition coefficient (Wildman–Crippen LogP) is 1.83. The van der Waals surface area contributed by atoms with Crippen LogP contribution in [0.2, 0.25) is 0 Å². The molecule has 1 aromatic rings. The number of nitrogens with two attached hydrogens (primary N) is 1. The topological polar surface area (TPSA) is 191 Å². The van der Waals surface area contributed by atoms with E-state index < -0.39 is 76.4 Å². The number of aliphatic hydroxyl groups is 4. The van der Waals surface area contributed by atoms with E-state index in [0.29, 0.717) is 23.3 Å². The van der Waals surface area contributed by atoms with Gasteiger partial charge < -0.3 is 36.0 Å². The molecule has 1 unspecified atom stereocenters. The van der Waals surface area contributed by atoms with Gasteiger partial charge in [-0.15, -0.1) is 0 Å².